The molecule has 3 N–H and O–H groups in total. The van der Waals surface area contributed by atoms with Crippen molar-refractivity contribution in [2.24, 2.45) is 5.73 Å². The Morgan fingerprint density at radius 1 is 1.86 bits per heavy atom. The molecule has 3 heteroatoms. The summed E-state index contributed by atoms with van der Waals surface area (Å²) < 4.78 is 0. The Balaban J connectivity index is 2.68. The van der Waals surface area contributed by atoms with Crippen LogP contribution < -0.4 is 11.2 Å². The molecule has 0 aliphatic rings. The summed E-state index contributed by atoms with van der Waals surface area (Å²) in [5, 5.41) is 0. The Hall–Kier alpha value is -0.120. The molecule has 0 radical (unpaired) electrons. The van der Waals surface area contributed by atoms with E-state index in [0.717, 1.165) is 0 Å². The minimum atomic E-state index is -0.0695. The fourth-order valence-electron chi connectivity index (χ4n) is 0.215. The van der Waals surface area contributed by atoms with E-state index in [0.29, 0.717) is 6.61 Å². The zero-order valence-corrected chi connectivity index (χ0v) is 4.77. The number of hydrogen-bond acceptors (Lipinski definition) is 3. The molecule has 0 aliphatic carbocycles. The highest BCUT2D eigenvalue weighted by atomic mass is 16.6. The third-order valence-corrected chi connectivity index (χ3v) is 0.414. The minimum Gasteiger partial charge on any atom is -0.314 e. The molecule has 1 atom stereocenters. The third kappa shape index (κ3) is 5.88. The third-order valence-electron chi connectivity index (χ3n) is 0.414. The van der Waals surface area contributed by atoms with Gasteiger partial charge in [-0.15, -0.1) is 0 Å². The lowest BCUT2D eigenvalue weighted by atomic mass is 10.7. The summed E-state index contributed by atoms with van der Waals surface area (Å²) in [5.41, 5.74) is 7.82. The molecular weight excluding hydrogens is 92.1 g/mol. The summed E-state index contributed by atoms with van der Waals surface area (Å²) in [4.78, 5) is 4.72. The van der Waals surface area contributed by atoms with Gasteiger partial charge in [0.1, 0.15) is 0 Å². The van der Waals surface area contributed by atoms with Crippen LogP contribution in [0.2, 0.25) is 0 Å². The normalized spacial score (nSPS) is 14.1. The van der Waals surface area contributed by atoms with Crippen LogP contribution >= 0.6 is 0 Å². The van der Waals surface area contributed by atoms with Gasteiger partial charge in [0.15, 0.2) is 0 Å². The first-order valence-corrected chi connectivity index (χ1v) is 2.40. The van der Waals surface area contributed by atoms with Crippen molar-refractivity contribution in [3.05, 3.63) is 0 Å². The average Bonchev–Trinajstić information content (AvgIpc) is 1.61. The molecule has 0 amide bonds. The summed E-state index contributed by atoms with van der Waals surface area (Å²) in [7, 11) is 0. The van der Waals surface area contributed by atoms with E-state index in [1.54, 1.807) is 0 Å². The second kappa shape index (κ2) is 4.05. The number of rotatable bonds is 3. The predicted molar refractivity (Wildman–Crippen MR) is 28.4 cm³/mol. The molecule has 3 nitrogen and oxygen atoms in total. The highest BCUT2D eigenvalue weighted by Gasteiger charge is 1.85. The first-order valence-electron chi connectivity index (χ1n) is 2.40. The number of nitrogens with two attached hydrogens (primary N) is 1. The molecule has 0 bridgehead atoms. The monoisotopic (exact) mass is 104 g/mol. The van der Waals surface area contributed by atoms with Crippen LogP contribution in [0.4, 0.5) is 0 Å². The van der Waals surface area contributed by atoms with Crippen molar-refractivity contribution >= 4 is 0 Å². The van der Waals surface area contributed by atoms with Crippen molar-refractivity contribution in [3.8, 4) is 0 Å². The van der Waals surface area contributed by atoms with Gasteiger partial charge in [0, 0.05) is 0 Å². The molecule has 0 saturated heterocycles. The predicted octanol–water partition coefficient (Wildman–Crippen LogP) is -0.168. The van der Waals surface area contributed by atoms with Crippen molar-refractivity contribution in [2.45, 2.75) is 20.0 Å². The van der Waals surface area contributed by atoms with Crippen molar-refractivity contribution in [2.75, 3.05) is 6.61 Å². The molecule has 0 fully saturated rings. The number of hydrogen-bond donors (Lipinski definition) is 2. The van der Waals surface area contributed by atoms with Crippen molar-refractivity contribution in [1.29, 1.82) is 0 Å². The summed E-state index contributed by atoms with van der Waals surface area (Å²) in [6.45, 7) is 4.37. The molecule has 0 aliphatic heterocycles. The van der Waals surface area contributed by atoms with Gasteiger partial charge < -0.3 is 10.6 Å². The molecule has 7 heavy (non-hydrogen) atoms. The molecule has 1 unspecified atom stereocenters. The number of hydroxylamine groups is 1. The van der Waals surface area contributed by atoms with Crippen molar-refractivity contribution < 1.29 is 4.84 Å². The van der Waals surface area contributed by atoms with Gasteiger partial charge in [-0.05, 0) is 13.8 Å². The maximum Gasteiger partial charge on any atom is 0.0758 e. The Labute approximate surface area is 43.8 Å². The molecule has 0 aromatic heterocycles. The summed E-state index contributed by atoms with van der Waals surface area (Å²) >= 11 is 0. The van der Waals surface area contributed by atoms with E-state index < -0.39 is 0 Å². The van der Waals surface area contributed by atoms with E-state index >= 15 is 0 Å². The second-order valence-corrected chi connectivity index (χ2v) is 1.34. The lowest BCUT2D eigenvalue weighted by Gasteiger charge is -2.04. The largest absolute Gasteiger partial charge is 0.314 e. The molecule has 0 aromatic rings. The van der Waals surface area contributed by atoms with Gasteiger partial charge in [-0.2, -0.15) is 5.48 Å². The van der Waals surface area contributed by atoms with E-state index in [2.05, 4.69) is 5.48 Å². The Bertz CT molecular complexity index is 38.7. The molecule has 0 spiro atoms. The smallest absolute Gasteiger partial charge is 0.0758 e. The molecular formula is C4H12N2O. The van der Waals surface area contributed by atoms with E-state index in [1.165, 1.54) is 0 Å². The lowest BCUT2D eigenvalue weighted by Crippen LogP contribution is -2.33. The van der Waals surface area contributed by atoms with Gasteiger partial charge in [-0.3, -0.25) is 0 Å². The van der Waals surface area contributed by atoms with Crippen LogP contribution in [0, 0.1) is 0 Å². The van der Waals surface area contributed by atoms with Crippen LogP contribution in [-0.4, -0.2) is 12.8 Å². The first-order chi connectivity index (χ1) is 3.27. The second-order valence-electron chi connectivity index (χ2n) is 1.34. The van der Waals surface area contributed by atoms with E-state index in [4.69, 9.17) is 10.6 Å². The van der Waals surface area contributed by atoms with Gasteiger partial charge in [-0.25, -0.2) is 0 Å². The van der Waals surface area contributed by atoms with Crippen LogP contribution in [-0.2, 0) is 4.84 Å². The van der Waals surface area contributed by atoms with E-state index in [-0.39, 0.29) is 6.17 Å². The van der Waals surface area contributed by atoms with Crippen molar-refractivity contribution in [1.82, 2.24) is 5.48 Å². The summed E-state index contributed by atoms with van der Waals surface area (Å²) in [6, 6.07) is 0. The molecule has 0 heterocycles. The van der Waals surface area contributed by atoms with Crippen molar-refractivity contribution in [3.63, 3.8) is 0 Å². The minimum absolute atomic E-state index is 0.0695. The zero-order valence-electron chi connectivity index (χ0n) is 4.77. The highest BCUT2D eigenvalue weighted by molar-refractivity contribution is 4.34. The number of nitrogens with one attached hydrogen (secondary N) is 1. The summed E-state index contributed by atoms with van der Waals surface area (Å²) in [5.74, 6) is 0. The Morgan fingerprint density at radius 2 is 2.43 bits per heavy atom. The molecule has 0 saturated carbocycles. The van der Waals surface area contributed by atoms with Crippen LogP contribution in [0.15, 0.2) is 0 Å². The van der Waals surface area contributed by atoms with Crippen LogP contribution in [0.1, 0.15) is 13.8 Å². The van der Waals surface area contributed by atoms with Gasteiger partial charge in [-0.1, -0.05) is 0 Å². The average molecular weight is 104 g/mol. The highest BCUT2D eigenvalue weighted by Crippen LogP contribution is 1.65. The lowest BCUT2D eigenvalue weighted by molar-refractivity contribution is 0.0304. The zero-order chi connectivity index (χ0) is 5.70. The van der Waals surface area contributed by atoms with Crippen LogP contribution in [0.5, 0.6) is 0 Å². The Morgan fingerprint density at radius 3 is 2.57 bits per heavy atom. The molecule has 44 valence electrons. The van der Waals surface area contributed by atoms with Gasteiger partial charge in [0.25, 0.3) is 0 Å². The van der Waals surface area contributed by atoms with E-state index in [9.17, 15) is 0 Å². The topological polar surface area (TPSA) is 47.3 Å². The SMILES string of the molecule is CCONC(C)N. The standard InChI is InChI=1S/C4H12N2O/c1-3-7-6-4(2)5/h4,6H,3,5H2,1-2H3. The maximum atomic E-state index is 5.24. The maximum absolute atomic E-state index is 5.24. The van der Waals surface area contributed by atoms with Gasteiger partial charge >= 0.3 is 0 Å². The van der Waals surface area contributed by atoms with Gasteiger partial charge in [0.2, 0.25) is 0 Å². The molecule has 0 aromatic carbocycles. The van der Waals surface area contributed by atoms with E-state index in [1.807, 2.05) is 13.8 Å². The Kier molecular flexibility index (Phi) is 3.98. The van der Waals surface area contributed by atoms with Gasteiger partial charge in [0.05, 0.1) is 12.8 Å². The van der Waals surface area contributed by atoms with Crippen LogP contribution in [0.3, 0.4) is 0 Å². The first kappa shape index (κ1) is 6.88. The quantitative estimate of drug-likeness (QED) is 0.386. The fourth-order valence-corrected chi connectivity index (χ4v) is 0.215. The summed E-state index contributed by atoms with van der Waals surface area (Å²) in [6.07, 6.45) is -0.0695. The van der Waals surface area contributed by atoms with Crippen LogP contribution in [0.25, 0.3) is 0 Å². The molecule has 0 rings (SSSR count). The fraction of sp³-hybridized carbons (Fsp3) is 1.00.